The molecule has 0 aliphatic heterocycles. The molecule has 0 aliphatic carbocycles. The minimum Gasteiger partial charge on any atom is -0.264 e. The van der Waals surface area contributed by atoms with E-state index in [0.29, 0.717) is 12.5 Å². The highest BCUT2D eigenvalue weighted by Crippen LogP contribution is 2.18. The fourth-order valence-electron chi connectivity index (χ4n) is 1.79. The molecule has 2 aromatic rings. The van der Waals surface area contributed by atoms with Gasteiger partial charge in [-0.1, -0.05) is 6.07 Å². The van der Waals surface area contributed by atoms with Gasteiger partial charge in [-0.3, -0.25) is 4.98 Å². The molecule has 0 atom stereocenters. The fraction of sp³-hybridized carbons (Fsp3) is 0.214. The number of nitrogens with one attached hydrogen (secondary N) is 1. The minimum absolute atomic E-state index is 0.0732. The molecule has 21 heavy (non-hydrogen) atoms. The standard InChI is InChI=1S/C14H14F2N2O2S/c1-10-7-14(13(16)8-12(10)15)21(19,20)18-6-4-11-3-2-5-17-9-11/h2-3,5,7-9,18H,4,6H2,1H3. The zero-order valence-corrected chi connectivity index (χ0v) is 12.1. The van der Waals surface area contributed by atoms with Crippen LogP contribution in [0.4, 0.5) is 8.78 Å². The molecule has 2 rings (SSSR count). The summed E-state index contributed by atoms with van der Waals surface area (Å²) >= 11 is 0. The van der Waals surface area contributed by atoms with Crippen LogP contribution in [0.3, 0.4) is 0 Å². The highest BCUT2D eigenvalue weighted by Gasteiger charge is 2.20. The maximum Gasteiger partial charge on any atom is 0.243 e. The molecule has 0 amide bonds. The van der Waals surface area contributed by atoms with E-state index in [-0.39, 0.29) is 12.1 Å². The van der Waals surface area contributed by atoms with Crippen molar-refractivity contribution in [3.05, 3.63) is 59.4 Å². The van der Waals surface area contributed by atoms with Crippen LogP contribution < -0.4 is 4.72 Å². The lowest BCUT2D eigenvalue weighted by atomic mass is 10.2. The molecule has 7 heteroatoms. The Morgan fingerprint density at radius 2 is 2.00 bits per heavy atom. The monoisotopic (exact) mass is 312 g/mol. The van der Waals surface area contributed by atoms with Crippen LogP contribution in [-0.2, 0) is 16.4 Å². The van der Waals surface area contributed by atoms with Gasteiger partial charge in [0, 0.05) is 25.0 Å². The second-order valence-corrected chi connectivity index (χ2v) is 6.28. The van der Waals surface area contributed by atoms with E-state index in [4.69, 9.17) is 0 Å². The van der Waals surface area contributed by atoms with Gasteiger partial charge in [-0.2, -0.15) is 0 Å². The van der Waals surface area contributed by atoms with Gasteiger partial charge in [-0.05, 0) is 36.6 Å². The summed E-state index contributed by atoms with van der Waals surface area (Å²) in [5.41, 5.74) is 0.931. The Hall–Kier alpha value is -1.86. The largest absolute Gasteiger partial charge is 0.264 e. The Labute approximate surface area is 121 Å². The van der Waals surface area contributed by atoms with Crippen LogP contribution in [-0.4, -0.2) is 19.9 Å². The second-order valence-electron chi connectivity index (χ2n) is 4.54. The van der Waals surface area contributed by atoms with Crippen LogP contribution in [0.15, 0.2) is 41.6 Å². The number of benzene rings is 1. The van der Waals surface area contributed by atoms with Gasteiger partial charge in [0.15, 0.2) is 0 Å². The SMILES string of the molecule is Cc1cc(S(=O)(=O)NCCc2cccnc2)c(F)cc1F. The minimum atomic E-state index is -4.01. The van der Waals surface area contributed by atoms with Gasteiger partial charge in [0.05, 0.1) is 0 Å². The molecule has 0 aliphatic rings. The maximum absolute atomic E-state index is 13.6. The average Bonchev–Trinajstić information content (AvgIpc) is 2.43. The quantitative estimate of drug-likeness (QED) is 0.920. The maximum atomic E-state index is 13.6. The third-order valence-electron chi connectivity index (χ3n) is 2.93. The molecule has 0 fully saturated rings. The number of rotatable bonds is 5. The molecule has 1 aromatic heterocycles. The fourth-order valence-corrected chi connectivity index (χ4v) is 2.96. The van der Waals surface area contributed by atoms with E-state index in [0.717, 1.165) is 11.6 Å². The Kier molecular flexibility index (Phi) is 4.64. The first-order valence-corrected chi connectivity index (χ1v) is 7.72. The summed E-state index contributed by atoms with van der Waals surface area (Å²) in [5.74, 6) is -1.88. The highest BCUT2D eigenvalue weighted by molar-refractivity contribution is 7.89. The Morgan fingerprint density at radius 3 is 2.67 bits per heavy atom. The van der Waals surface area contributed by atoms with Crippen LogP contribution in [0.25, 0.3) is 0 Å². The van der Waals surface area contributed by atoms with Gasteiger partial charge in [0.2, 0.25) is 10.0 Å². The lowest BCUT2D eigenvalue weighted by Gasteiger charge is -2.09. The molecular formula is C14H14F2N2O2S. The molecule has 0 saturated carbocycles. The van der Waals surface area contributed by atoms with E-state index in [9.17, 15) is 17.2 Å². The van der Waals surface area contributed by atoms with Crippen molar-refractivity contribution in [2.75, 3.05) is 6.54 Å². The van der Waals surface area contributed by atoms with E-state index >= 15 is 0 Å². The number of halogens is 2. The summed E-state index contributed by atoms with van der Waals surface area (Å²) < 4.78 is 53.1. The first kappa shape index (κ1) is 15.5. The van der Waals surface area contributed by atoms with E-state index in [1.165, 1.54) is 6.92 Å². The third-order valence-corrected chi connectivity index (χ3v) is 4.41. The van der Waals surface area contributed by atoms with Gasteiger partial charge in [0.25, 0.3) is 0 Å². The van der Waals surface area contributed by atoms with Crippen LogP contribution in [0.1, 0.15) is 11.1 Å². The zero-order valence-electron chi connectivity index (χ0n) is 11.3. The van der Waals surface area contributed by atoms with Gasteiger partial charge < -0.3 is 0 Å². The molecule has 0 spiro atoms. The van der Waals surface area contributed by atoms with Gasteiger partial charge in [-0.25, -0.2) is 21.9 Å². The summed E-state index contributed by atoms with van der Waals surface area (Å²) in [6.45, 7) is 1.48. The Morgan fingerprint density at radius 1 is 1.24 bits per heavy atom. The lowest BCUT2D eigenvalue weighted by molar-refractivity contribution is 0.540. The number of sulfonamides is 1. The van der Waals surface area contributed by atoms with Crippen molar-refractivity contribution in [3.63, 3.8) is 0 Å². The predicted molar refractivity (Wildman–Crippen MR) is 74.2 cm³/mol. The van der Waals surface area contributed by atoms with Crippen LogP contribution >= 0.6 is 0 Å². The van der Waals surface area contributed by atoms with Crippen molar-refractivity contribution in [3.8, 4) is 0 Å². The third kappa shape index (κ3) is 3.83. The highest BCUT2D eigenvalue weighted by atomic mass is 32.2. The van der Waals surface area contributed by atoms with Gasteiger partial charge >= 0.3 is 0 Å². The summed E-state index contributed by atoms with van der Waals surface area (Å²) in [5, 5.41) is 0. The van der Waals surface area contributed by atoms with Gasteiger partial charge in [0.1, 0.15) is 16.5 Å². The molecule has 0 radical (unpaired) electrons. The number of aryl methyl sites for hydroxylation is 1. The number of hydrogen-bond donors (Lipinski definition) is 1. The van der Waals surface area contributed by atoms with Crippen molar-refractivity contribution in [2.45, 2.75) is 18.2 Å². The van der Waals surface area contributed by atoms with Crippen molar-refractivity contribution in [1.29, 1.82) is 0 Å². The van der Waals surface area contributed by atoms with E-state index in [1.807, 2.05) is 6.07 Å². The van der Waals surface area contributed by atoms with Crippen molar-refractivity contribution in [1.82, 2.24) is 9.71 Å². The van der Waals surface area contributed by atoms with Crippen LogP contribution in [0.5, 0.6) is 0 Å². The molecule has 112 valence electrons. The number of nitrogens with zero attached hydrogens (tertiary/aromatic N) is 1. The van der Waals surface area contributed by atoms with Crippen molar-refractivity contribution in [2.24, 2.45) is 0 Å². The molecule has 1 aromatic carbocycles. The molecule has 0 bridgehead atoms. The van der Waals surface area contributed by atoms with E-state index < -0.39 is 26.6 Å². The molecular weight excluding hydrogens is 298 g/mol. The van der Waals surface area contributed by atoms with E-state index in [2.05, 4.69) is 9.71 Å². The lowest BCUT2D eigenvalue weighted by Crippen LogP contribution is -2.27. The topological polar surface area (TPSA) is 59.1 Å². The molecule has 0 saturated heterocycles. The smallest absolute Gasteiger partial charge is 0.243 e. The summed E-state index contributed by atoms with van der Waals surface area (Å²) in [6, 6.07) is 5.11. The van der Waals surface area contributed by atoms with Crippen molar-refractivity contribution >= 4 is 10.0 Å². The van der Waals surface area contributed by atoms with Gasteiger partial charge in [-0.15, -0.1) is 0 Å². The normalized spacial score (nSPS) is 11.6. The second kappa shape index (κ2) is 6.28. The van der Waals surface area contributed by atoms with Crippen LogP contribution in [0.2, 0.25) is 0 Å². The summed E-state index contributed by atoms with van der Waals surface area (Å²) in [6.07, 6.45) is 3.66. The average molecular weight is 312 g/mol. The summed E-state index contributed by atoms with van der Waals surface area (Å²) in [7, 11) is -4.01. The molecule has 4 nitrogen and oxygen atoms in total. The Bertz CT molecular complexity index is 734. The first-order chi connectivity index (χ1) is 9.90. The first-order valence-electron chi connectivity index (χ1n) is 6.24. The number of pyridine rings is 1. The van der Waals surface area contributed by atoms with E-state index in [1.54, 1.807) is 18.5 Å². The molecule has 1 heterocycles. The Balaban J connectivity index is 2.10. The number of hydrogen-bond acceptors (Lipinski definition) is 3. The summed E-state index contributed by atoms with van der Waals surface area (Å²) in [4.78, 5) is 3.37. The predicted octanol–water partition coefficient (Wildman–Crippen LogP) is 2.19. The molecule has 1 N–H and O–H groups in total. The zero-order chi connectivity index (χ0) is 15.5. The number of aromatic nitrogens is 1. The van der Waals surface area contributed by atoms with Crippen molar-refractivity contribution < 1.29 is 17.2 Å². The molecule has 0 unspecified atom stereocenters. The van der Waals surface area contributed by atoms with Crippen LogP contribution in [0, 0.1) is 18.6 Å².